The largest absolute Gasteiger partial charge is 0.357 e. The molecule has 0 unspecified atom stereocenters. The average molecular weight is 341 g/mol. The number of carbonyl (C=O) groups is 1. The van der Waals surface area contributed by atoms with Gasteiger partial charge in [-0.3, -0.25) is 9.48 Å². The smallest absolute Gasteiger partial charge is 0.255 e. The lowest BCUT2D eigenvalue weighted by Gasteiger charge is -2.25. The summed E-state index contributed by atoms with van der Waals surface area (Å²) in [4.78, 5) is 21.7. The van der Waals surface area contributed by atoms with Gasteiger partial charge < -0.3 is 9.80 Å². The second-order valence-electron chi connectivity index (χ2n) is 6.59. The van der Waals surface area contributed by atoms with Crippen molar-refractivity contribution in [2.24, 2.45) is 7.05 Å². The van der Waals surface area contributed by atoms with Gasteiger partial charge in [-0.2, -0.15) is 5.10 Å². The highest BCUT2D eigenvalue weighted by Crippen LogP contribution is 2.32. The standard InChI is InChI=1S/C19H27N5O/c1-4-10-23(5-2)18-9-8-15(12-20-18)19(25)24-11-6-7-17(24)16-13-21-22(3)14-16/h8-9,12-14,17H,4-7,10-11H2,1-3H3/t17-/m1/s1. The predicted octanol–water partition coefficient (Wildman–Crippen LogP) is 3.03. The van der Waals surface area contributed by atoms with Gasteiger partial charge in [0.1, 0.15) is 5.82 Å². The van der Waals surface area contributed by atoms with Crippen LogP contribution in [0.15, 0.2) is 30.7 Å². The third-order valence-corrected chi connectivity index (χ3v) is 4.82. The third kappa shape index (κ3) is 3.67. The fourth-order valence-corrected chi connectivity index (χ4v) is 3.54. The van der Waals surface area contributed by atoms with Gasteiger partial charge >= 0.3 is 0 Å². The highest BCUT2D eigenvalue weighted by Gasteiger charge is 2.31. The molecule has 3 heterocycles. The maximum Gasteiger partial charge on any atom is 0.255 e. The average Bonchev–Trinajstić information content (AvgIpc) is 3.28. The number of nitrogens with zero attached hydrogens (tertiary/aromatic N) is 5. The molecule has 1 fully saturated rings. The van der Waals surface area contributed by atoms with Crippen LogP contribution in [0.4, 0.5) is 5.82 Å². The summed E-state index contributed by atoms with van der Waals surface area (Å²) in [5.41, 5.74) is 1.77. The molecule has 1 amide bonds. The summed E-state index contributed by atoms with van der Waals surface area (Å²) >= 11 is 0. The van der Waals surface area contributed by atoms with E-state index in [2.05, 4.69) is 28.8 Å². The number of amides is 1. The van der Waals surface area contributed by atoms with Crippen molar-refractivity contribution in [3.05, 3.63) is 41.9 Å². The molecule has 2 aromatic rings. The van der Waals surface area contributed by atoms with Crippen molar-refractivity contribution in [3.8, 4) is 0 Å². The molecule has 1 aliphatic heterocycles. The molecule has 1 aliphatic rings. The molecule has 1 atom stereocenters. The van der Waals surface area contributed by atoms with Crippen molar-refractivity contribution in [1.82, 2.24) is 19.7 Å². The van der Waals surface area contributed by atoms with E-state index in [0.717, 1.165) is 50.3 Å². The molecule has 0 bridgehead atoms. The van der Waals surface area contributed by atoms with Gasteiger partial charge in [0.25, 0.3) is 5.91 Å². The van der Waals surface area contributed by atoms with Gasteiger partial charge in [-0.05, 0) is 38.3 Å². The molecule has 3 rings (SSSR count). The monoisotopic (exact) mass is 341 g/mol. The maximum absolute atomic E-state index is 13.0. The molecule has 6 heteroatoms. The molecule has 134 valence electrons. The second kappa shape index (κ2) is 7.68. The van der Waals surface area contributed by atoms with Crippen LogP contribution >= 0.6 is 0 Å². The lowest BCUT2D eigenvalue weighted by molar-refractivity contribution is 0.0735. The van der Waals surface area contributed by atoms with Crippen LogP contribution in [-0.4, -0.2) is 45.2 Å². The van der Waals surface area contributed by atoms with Crippen molar-refractivity contribution in [3.63, 3.8) is 0 Å². The van der Waals surface area contributed by atoms with Gasteiger partial charge in [-0.15, -0.1) is 0 Å². The first-order chi connectivity index (χ1) is 12.1. The van der Waals surface area contributed by atoms with Crippen LogP contribution in [0.3, 0.4) is 0 Å². The number of aromatic nitrogens is 3. The Morgan fingerprint density at radius 3 is 2.76 bits per heavy atom. The Bertz CT molecular complexity index is 709. The number of carbonyl (C=O) groups excluding carboxylic acids is 1. The summed E-state index contributed by atoms with van der Waals surface area (Å²) in [6.45, 7) is 6.97. The zero-order valence-electron chi connectivity index (χ0n) is 15.4. The number of anilines is 1. The van der Waals surface area contributed by atoms with E-state index in [4.69, 9.17) is 0 Å². The van der Waals surface area contributed by atoms with E-state index in [-0.39, 0.29) is 11.9 Å². The molecule has 0 radical (unpaired) electrons. The minimum Gasteiger partial charge on any atom is -0.357 e. The Kier molecular flexibility index (Phi) is 5.36. The Balaban J connectivity index is 1.76. The Morgan fingerprint density at radius 1 is 1.32 bits per heavy atom. The zero-order valence-corrected chi connectivity index (χ0v) is 15.4. The molecule has 0 saturated carbocycles. The summed E-state index contributed by atoms with van der Waals surface area (Å²) in [6.07, 6.45) is 8.67. The first-order valence-corrected chi connectivity index (χ1v) is 9.14. The van der Waals surface area contributed by atoms with Gasteiger partial charge in [0.15, 0.2) is 0 Å². The van der Waals surface area contributed by atoms with Crippen LogP contribution in [0.25, 0.3) is 0 Å². The first-order valence-electron chi connectivity index (χ1n) is 9.14. The van der Waals surface area contributed by atoms with Gasteiger partial charge in [0.05, 0.1) is 17.8 Å². The lowest BCUT2D eigenvalue weighted by atomic mass is 10.1. The van der Waals surface area contributed by atoms with Crippen LogP contribution < -0.4 is 4.90 Å². The fourth-order valence-electron chi connectivity index (χ4n) is 3.54. The van der Waals surface area contributed by atoms with Crippen LogP contribution in [0.2, 0.25) is 0 Å². The highest BCUT2D eigenvalue weighted by atomic mass is 16.2. The van der Waals surface area contributed by atoms with E-state index in [0.29, 0.717) is 5.56 Å². The summed E-state index contributed by atoms with van der Waals surface area (Å²) in [5, 5.41) is 4.25. The zero-order chi connectivity index (χ0) is 17.8. The van der Waals surface area contributed by atoms with E-state index in [1.165, 1.54) is 0 Å². The van der Waals surface area contributed by atoms with E-state index in [1.54, 1.807) is 10.9 Å². The summed E-state index contributed by atoms with van der Waals surface area (Å²) in [7, 11) is 1.91. The Hall–Kier alpha value is -2.37. The third-order valence-electron chi connectivity index (χ3n) is 4.82. The van der Waals surface area contributed by atoms with Crippen molar-refractivity contribution in [1.29, 1.82) is 0 Å². The minimum absolute atomic E-state index is 0.0592. The summed E-state index contributed by atoms with van der Waals surface area (Å²) < 4.78 is 1.79. The minimum atomic E-state index is 0.0592. The molecule has 1 saturated heterocycles. The summed E-state index contributed by atoms with van der Waals surface area (Å²) in [6, 6.07) is 3.98. The van der Waals surface area contributed by atoms with Gasteiger partial charge in [-0.25, -0.2) is 4.98 Å². The van der Waals surface area contributed by atoms with Crippen molar-refractivity contribution in [2.75, 3.05) is 24.5 Å². The molecular weight excluding hydrogens is 314 g/mol. The first kappa shape index (κ1) is 17.5. The number of hydrogen-bond donors (Lipinski definition) is 0. The maximum atomic E-state index is 13.0. The van der Waals surface area contributed by atoms with Crippen LogP contribution in [0.1, 0.15) is 55.1 Å². The normalized spacial score (nSPS) is 17.1. The highest BCUT2D eigenvalue weighted by molar-refractivity contribution is 5.94. The van der Waals surface area contributed by atoms with E-state index < -0.39 is 0 Å². The van der Waals surface area contributed by atoms with Gasteiger partial charge in [0.2, 0.25) is 0 Å². The molecule has 0 aromatic carbocycles. The number of likely N-dealkylation sites (tertiary alicyclic amines) is 1. The number of rotatable bonds is 6. The predicted molar refractivity (Wildman–Crippen MR) is 98.6 cm³/mol. The molecule has 25 heavy (non-hydrogen) atoms. The summed E-state index contributed by atoms with van der Waals surface area (Å²) in [5.74, 6) is 0.995. The van der Waals surface area contributed by atoms with Crippen LogP contribution in [0.5, 0.6) is 0 Å². The lowest BCUT2D eigenvalue weighted by Crippen LogP contribution is -2.30. The van der Waals surface area contributed by atoms with Gasteiger partial charge in [-0.1, -0.05) is 6.92 Å². The Labute approximate surface area is 149 Å². The molecule has 0 N–H and O–H groups in total. The van der Waals surface area contributed by atoms with E-state index >= 15 is 0 Å². The Morgan fingerprint density at radius 2 is 2.16 bits per heavy atom. The number of aryl methyl sites for hydroxylation is 1. The molecule has 0 aliphatic carbocycles. The van der Waals surface area contributed by atoms with Crippen molar-refractivity contribution in [2.45, 2.75) is 39.2 Å². The van der Waals surface area contributed by atoms with Crippen LogP contribution in [-0.2, 0) is 7.05 Å². The topological polar surface area (TPSA) is 54.3 Å². The van der Waals surface area contributed by atoms with Crippen LogP contribution in [0, 0.1) is 0 Å². The van der Waals surface area contributed by atoms with E-state index in [9.17, 15) is 4.79 Å². The number of pyridine rings is 1. The number of hydrogen-bond acceptors (Lipinski definition) is 4. The quantitative estimate of drug-likeness (QED) is 0.810. The van der Waals surface area contributed by atoms with Crippen molar-refractivity contribution >= 4 is 11.7 Å². The molecule has 0 spiro atoms. The van der Waals surface area contributed by atoms with E-state index in [1.807, 2.05) is 36.5 Å². The molecular formula is C19H27N5O. The van der Waals surface area contributed by atoms with Gasteiger partial charge in [0, 0.05) is 44.6 Å². The SMILES string of the molecule is CCCN(CC)c1ccc(C(=O)N2CCC[C@@H]2c2cnn(C)c2)cn1. The fraction of sp³-hybridized carbons (Fsp3) is 0.526. The van der Waals surface area contributed by atoms with Crippen molar-refractivity contribution < 1.29 is 4.79 Å². The second-order valence-corrected chi connectivity index (χ2v) is 6.59. The molecule has 6 nitrogen and oxygen atoms in total. The molecule has 2 aromatic heterocycles.